The molecule has 3 N–H and O–H groups in total. The zero-order chi connectivity index (χ0) is 15.1. The predicted molar refractivity (Wildman–Crippen MR) is 74.3 cm³/mol. The number of ether oxygens (including phenoxy) is 3. The molecule has 2 atom stereocenters. The Morgan fingerprint density at radius 1 is 1.35 bits per heavy atom. The van der Waals surface area contributed by atoms with Crippen LogP contribution in [0.25, 0.3) is 0 Å². The SMILES string of the molecule is COC[C@@H](C)Oc1ccc(CC(N)C(=O)O)cc1OC. The van der Waals surface area contributed by atoms with Gasteiger partial charge in [0.2, 0.25) is 0 Å². The number of carboxylic acid groups (broad SMARTS) is 1. The smallest absolute Gasteiger partial charge is 0.320 e. The summed E-state index contributed by atoms with van der Waals surface area (Å²) in [6.07, 6.45) is 0.126. The number of carbonyl (C=O) groups is 1. The fraction of sp³-hybridized carbons (Fsp3) is 0.500. The molecule has 0 aliphatic heterocycles. The van der Waals surface area contributed by atoms with E-state index >= 15 is 0 Å². The van der Waals surface area contributed by atoms with E-state index in [-0.39, 0.29) is 12.5 Å². The Morgan fingerprint density at radius 3 is 2.60 bits per heavy atom. The van der Waals surface area contributed by atoms with Crippen molar-refractivity contribution < 1.29 is 24.1 Å². The van der Waals surface area contributed by atoms with Gasteiger partial charge in [-0.15, -0.1) is 0 Å². The topological polar surface area (TPSA) is 91.0 Å². The number of carboxylic acids is 1. The lowest BCUT2D eigenvalue weighted by atomic mass is 10.1. The molecule has 6 heteroatoms. The van der Waals surface area contributed by atoms with E-state index in [0.717, 1.165) is 5.56 Å². The molecule has 0 saturated carbocycles. The molecular weight excluding hydrogens is 262 g/mol. The van der Waals surface area contributed by atoms with Crippen LogP contribution in [0.1, 0.15) is 12.5 Å². The van der Waals surface area contributed by atoms with Gasteiger partial charge in [-0.1, -0.05) is 6.07 Å². The third-order valence-corrected chi connectivity index (χ3v) is 2.73. The lowest BCUT2D eigenvalue weighted by Gasteiger charge is -2.17. The standard InChI is InChI=1S/C14H21NO5/c1-9(8-18-2)20-12-5-4-10(7-13(12)19-3)6-11(15)14(16)17/h4-5,7,9,11H,6,8,15H2,1-3H3,(H,16,17)/t9-,11?/m1/s1. The van der Waals surface area contributed by atoms with Crippen molar-refractivity contribution in [3.8, 4) is 11.5 Å². The molecular formula is C14H21NO5. The minimum absolute atomic E-state index is 0.110. The van der Waals surface area contributed by atoms with E-state index in [1.807, 2.05) is 6.92 Å². The van der Waals surface area contributed by atoms with Gasteiger partial charge in [0.25, 0.3) is 0 Å². The molecule has 0 radical (unpaired) electrons. The summed E-state index contributed by atoms with van der Waals surface area (Å²) < 4.78 is 15.9. The molecule has 0 amide bonds. The van der Waals surface area contributed by atoms with Crippen molar-refractivity contribution in [1.29, 1.82) is 0 Å². The number of methoxy groups -OCH3 is 2. The van der Waals surface area contributed by atoms with Gasteiger partial charge < -0.3 is 25.1 Å². The van der Waals surface area contributed by atoms with Crippen molar-refractivity contribution in [2.75, 3.05) is 20.8 Å². The number of hydrogen-bond donors (Lipinski definition) is 2. The van der Waals surface area contributed by atoms with Gasteiger partial charge in [0, 0.05) is 7.11 Å². The van der Waals surface area contributed by atoms with Gasteiger partial charge >= 0.3 is 5.97 Å². The van der Waals surface area contributed by atoms with Crippen LogP contribution < -0.4 is 15.2 Å². The molecule has 20 heavy (non-hydrogen) atoms. The monoisotopic (exact) mass is 283 g/mol. The lowest BCUT2D eigenvalue weighted by molar-refractivity contribution is -0.138. The minimum Gasteiger partial charge on any atom is -0.493 e. The minimum atomic E-state index is -1.03. The Kier molecular flexibility index (Phi) is 6.27. The van der Waals surface area contributed by atoms with Crippen LogP contribution >= 0.6 is 0 Å². The molecule has 1 aromatic carbocycles. The van der Waals surface area contributed by atoms with Crippen molar-refractivity contribution in [3.05, 3.63) is 23.8 Å². The van der Waals surface area contributed by atoms with E-state index in [1.54, 1.807) is 25.3 Å². The Bertz CT molecular complexity index is 449. The Labute approximate surface area is 118 Å². The van der Waals surface area contributed by atoms with Gasteiger partial charge in [-0.25, -0.2) is 0 Å². The van der Waals surface area contributed by atoms with Crippen LogP contribution in [0.2, 0.25) is 0 Å². The molecule has 0 fully saturated rings. The summed E-state index contributed by atoms with van der Waals surface area (Å²) in [4.78, 5) is 10.7. The third-order valence-electron chi connectivity index (χ3n) is 2.73. The number of rotatable bonds is 8. The highest BCUT2D eigenvalue weighted by molar-refractivity contribution is 5.73. The zero-order valence-electron chi connectivity index (χ0n) is 12.0. The number of nitrogens with two attached hydrogens (primary N) is 1. The van der Waals surface area contributed by atoms with Gasteiger partial charge in [-0.05, 0) is 31.0 Å². The maximum Gasteiger partial charge on any atom is 0.320 e. The third kappa shape index (κ3) is 4.71. The van der Waals surface area contributed by atoms with Crippen LogP contribution in [0, 0.1) is 0 Å². The van der Waals surface area contributed by atoms with E-state index in [2.05, 4.69) is 0 Å². The molecule has 0 aromatic heterocycles. The maximum atomic E-state index is 10.7. The van der Waals surface area contributed by atoms with E-state index < -0.39 is 12.0 Å². The highest BCUT2D eigenvalue weighted by Gasteiger charge is 2.15. The fourth-order valence-corrected chi connectivity index (χ4v) is 1.76. The second kappa shape index (κ2) is 7.72. The molecule has 6 nitrogen and oxygen atoms in total. The summed E-state index contributed by atoms with van der Waals surface area (Å²) in [6.45, 7) is 2.35. The molecule has 0 spiro atoms. The molecule has 112 valence electrons. The molecule has 1 rings (SSSR count). The van der Waals surface area contributed by atoms with Crippen molar-refractivity contribution in [2.45, 2.75) is 25.5 Å². The summed E-state index contributed by atoms with van der Waals surface area (Å²) in [5, 5.41) is 8.81. The van der Waals surface area contributed by atoms with Gasteiger partial charge in [0.15, 0.2) is 11.5 Å². The number of hydrogen-bond acceptors (Lipinski definition) is 5. The van der Waals surface area contributed by atoms with Crippen LogP contribution in [0.15, 0.2) is 18.2 Å². The van der Waals surface area contributed by atoms with E-state index in [0.29, 0.717) is 18.1 Å². The van der Waals surface area contributed by atoms with Crippen molar-refractivity contribution in [2.24, 2.45) is 5.73 Å². The highest BCUT2D eigenvalue weighted by Crippen LogP contribution is 2.29. The largest absolute Gasteiger partial charge is 0.493 e. The lowest BCUT2D eigenvalue weighted by Crippen LogP contribution is -2.32. The summed E-state index contributed by atoms with van der Waals surface area (Å²) in [5.74, 6) is 0.103. The van der Waals surface area contributed by atoms with Crippen molar-refractivity contribution in [1.82, 2.24) is 0 Å². The van der Waals surface area contributed by atoms with Gasteiger partial charge in [0.1, 0.15) is 12.1 Å². The predicted octanol–water partition coefficient (Wildman–Crippen LogP) is 1.06. The van der Waals surface area contributed by atoms with Crippen LogP contribution in [-0.4, -0.2) is 44.0 Å². The van der Waals surface area contributed by atoms with E-state index in [9.17, 15) is 4.79 Å². The fourth-order valence-electron chi connectivity index (χ4n) is 1.76. The first-order chi connectivity index (χ1) is 9.47. The second-order valence-electron chi connectivity index (χ2n) is 4.52. The first kappa shape index (κ1) is 16.3. The number of benzene rings is 1. The van der Waals surface area contributed by atoms with Gasteiger partial charge in [-0.2, -0.15) is 0 Å². The maximum absolute atomic E-state index is 10.7. The second-order valence-corrected chi connectivity index (χ2v) is 4.52. The van der Waals surface area contributed by atoms with Crippen LogP contribution in [0.3, 0.4) is 0 Å². The van der Waals surface area contributed by atoms with Gasteiger partial charge in [-0.3, -0.25) is 4.79 Å². The average molecular weight is 283 g/mol. The molecule has 1 unspecified atom stereocenters. The molecule has 0 heterocycles. The molecule has 0 bridgehead atoms. The highest BCUT2D eigenvalue weighted by atomic mass is 16.5. The average Bonchev–Trinajstić information content (AvgIpc) is 2.40. The molecule has 0 aliphatic rings. The van der Waals surface area contributed by atoms with E-state index in [4.69, 9.17) is 25.1 Å². The Hall–Kier alpha value is -1.79. The summed E-state index contributed by atoms with van der Waals surface area (Å²) in [7, 11) is 3.14. The Morgan fingerprint density at radius 2 is 2.05 bits per heavy atom. The quantitative estimate of drug-likeness (QED) is 0.741. The van der Waals surface area contributed by atoms with Crippen molar-refractivity contribution in [3.63, 3.8) is 0 Å². The zero-order valence-corrected chi connectivity index (χ0v) is 12.0. The first-order valence-electron chi connectivity index (χ1n) is 6.28. The normalized spacial score (nSPS) is 13.6. The number of aliphatic carboxylic acids is 1. The summed E-state index contributed by atoms with van der Waals surface area (Å²) in [5.41, 5.74) is 6.29. The van der Waals surface area contributed by atoms with Gasteiger partial charge in [0.05, 0.1) is 13.7 Å². The first-order valence-corrected chi connectivity index (χ1v) is 6.28. The molecule has 0 saturated heterocycles. The van der Waals surface area contributed by atoms with Crippen LogP contribution in [0.5, 0.6) is 11.5 Å². The summed E-state index contributed by atoms with van der Waals surface area (Å²) in [6, 6.07) is 4.33. The summed E-state index contributed by atoms with van der Waals surface area (Å²) >= 11 is 0. The van der Waals surface area contributed by atoms with Crippen LogP contribution in [-0.2, 0) is 16.0 Å². The van der Waals surface area contributed by atoms with Crippen molar-refractivity contribution >= 4 is 5.97 Å². The molecule has 0 aliphatic carbocycles. The van der Waals surface area contributed by atoms with Crippen LogP contribution in [0.4, 0.5) is 0 Å². The Balaban J connectivity index is 2.82. The molecule has 1 aromatic rings. The van der Waals surface area contributed by atoms with E-state index in [1.165, 1.54) is 7.11 Å².